The van der Waals surface area contributed by atoms with E-state index in [4.69, 9.17) is 0 Å². The summed E-state index contributed by atoms with van der Waals surface area (Å²) in [5, 5.41) is 12.4. The Kier molecular flexibility index (Phi) is 3.06. The van der Waals surface area contributed by atoms with E-state index in [2.05, 4.69) is 15.3 Å². The lowest BCUT2D eigenvalue weighted by Crippen LogP contribution is -2.50. The topological polar surface area (TPSA) is 98.3 Å². The van der Waals surface area contributed by atoms with Crippen molar-refractivity contribution in [3.63, 3.8) is 0 Å². The van der Waals surface area contributed by atoms with Gasteiger partial charge in [-0.25, -0.2) is 9.78 Å². The van der Waals surface area contributed by atoms with Crippen LogP contribution in [-0.4, -0.2) is 51.0 Å². The van der Waals surface area contributed by atoms with Crippen molar-refractivity contribution in [1.29, 1.82) is 0 Å². The highest BCUT2D eigenvalue weighted by Crippen LogP contribution is 2.23. The molecule has 0 radical (unpaired) electrons. The van der Waals surface area contributed by atoms with Gasteiger partial charge in [0.25, 0.3) is 5.91 Å². The first-order valence-corrected chi connectivity index (χ1v) is 6.52. The van der Waals surface area contributed by atoms with E-state index in [1.54, 1.807) is 13.3 Å². The predicted molar refractivity (Wildman–Crippen MR) is 69.8 cm³/mol. The number of carboxylic acids is 1. The summed E-state index contributed by atoms with van der Waals surface area (Å²) < 4.78 is 0. The molecule has 1 fully saturated rings. The lowest BCUT2D eigenvalue weighted by atomic mass is 9.98. The highest BCUT2D eigenvalue weighted by molar-refractivity contribution is 5.96. The lowest BCUT2D eigenvalue weighted by Gasteiger charge is -2.34. The van der Waals surface area contributed by atoms with Gasteiger partial charge in [-0.05, 0) is 12.5 Å². The number of H-pyrrole nitrogens is 1. The molecule has 1 aromatic heterocycles. The van der Waals surface area contributed by atoms with Crippen LogP contribution in [0.25, 0.3) is 0 Å². The molecule has 3 rings (SSSR count). The number of amides is 1. The summed E-state index contributed by atoms with van der Waals surface area (Å²) in [6.07, 6.45) is 1.79. The van der Waals surface area contributed by atoms with Crippen molar-refractivity contribution in [2.24, 2.45) is 0 Å². The number of nitrogens with one attached hydrogen (secondary N) is 2. The first-order valence-electron chi connectivity index (χ1n) is 6.52. The average Bonchev–Trinajstić information content (AvgIpc) is 2.81. The zero-order chi connectivity index (χ0) is 14.3. The van der Waals surface area contributed by atoms with Crippen molar-refractivity contribution in [1.82, 2.24) is 20.2 Å². The van der Waals surface area contributed by atoms with E-state index in [0.29, 0.717) is 18.7 Å². The highest BCUT2D eigenvalue weighted by atomic mass is 16.4. The molecule has 1 atom stereocenters. The number of aromatic nitrogens is 2. The van der Waals surface area contributed by atoms with Crippen LogP contribution in [0.1, 0.15) is 18.3 Å². The molecular weight excluding hydrogens is 260 g/mol. The Labute approximate surface area is 115 Å². The Balaban J connectivity index is 1.90. The molecule has 106 valence electrons. The van der Waals surface area contributed by atoms with Gasteiger partial charge in [-0.15, -0.1) is 0 Å². The molecule has 3 N–H and O–H groups in total. The van der Waals surface area contributed by atoms with Gasteiger partial charge in [-0.3, -0.25) is 4.79 Å². The highest BCUT2D eigenvalue weighted by Gasteiger charge is 2.37. The number of hydrogen-bond acceptors (Lipinski definition) is 4. The fraction of sp³-hybridized carbons (Fsp3) is 0.462. The third-order valence-corrected chi connectivity index (χ3v) is 3.97. The SMILES string of the molecule is CC(C(=O)N1Cc2[nH]cnc2CC1C(=O)O)=C1CNC1. The quantitative estimate of drug-likeness (QED) is 0.642. The number of nitrogens with zero attached hydrogens (tertiary/aromatic N) is 2. The van der Waals surface area contributed by atoms with Crippen LogP contribution in [0.4, 0.5) is 0 Å². The van der Waals surface area contributed by atoms with Crippen molar-refractivity contribution in [3.05, 3.63) is 28.9 Å². The van der Waals surface area contributed by atoms with E-state index in [1.165, 1.54) is 4.90 Å². The molecule has 2 aliphatic heterocycles. The second-order valence-corrected chi connectivity index (χ2v) is 5.15. The van der Waals surface area contributed by atoms with Gasteiger partial charge in [-0.1, -0.05) is 0 Å². The summed E-state index contributed by atoms with van der Waals surface area (Å²) in [7, 11) is 0. The fourth-order valence-electron chi connectivity index (χ4n) is 2.55. The van der Waals surface area contributed by atoms with Gasteiger partial charge in [0.2, 0.25) is 0 Å². The van der Waals surface area contributed by atoms with Gasteiger partial charge < -0.3 is 20.3 Å². The number of aromatic amines is 1. The van der Waals surface area contributed by atoms with Gasteiger partial charge >= 0.3 is 5.97 Å². The average molecular weight is 276 g/mol. The van der Waals surface area contributed by atoms with Crippen molar-refractivity contribution in [2.75, 3.05) is 13.1 Å². The summed E-state index contributed by atoms with van der Waals surface area (Å²) in [6, 6.07) is -0.845. The summed E-state index contributed by atoms with van der Waals surface area (Å²) in [4.78, 5) is 32.4. The molecule has 0 spiro atoms. The van der Waals surface area contributed by atoms with E-state index in [9.17, 15) is 14.7 Å². The first kappa shape index (κ1) is 12.9. The van der Waals surface area contributed by atoms with Crippen LogP contribution in [0.5, 0.6) is 0 Å². The molecule has 2 aliphatic rings. The van der Waals surface area contributed by atoms with Crippen LogP contribution in [0.3, 0.4) is 0 Å². The van der Waals surface area contributed by atoms with E-state index in [0.717, 1.165) is 17.0 Å². The van der Waals surface area contributed by atoms with Gasteiger partial charge in [-0.2, -0.15) is 0 Å². The minimum atomic E-state index is -0.989. The normalized spacial score (nSPS) is 21.1. The minimum absolute atomic E-state index is 0.200. The van der Waals surface area contributed by atoms with E-state index >= 15 is 0 Å². The third-order valence-electron chi connectivity index (χ3n) is 3.97. The molecule has 1 aromatic rings. The molecule has 7 nitrogen and oxygen atoms in total. The van der Waals surface area contributed by atoms with Gasteiger partial charge in [0.1, 0.15) is 6.04 Å². The number of carbonyl (C=O) groups excluding carboxylic acids is 1. The Hall–Kier alpha value is -2.15. The van der Waals surface area contributed by atoms with Gasteiger partial charge in [0.15, 0.2) is 0 Å². The van der Waals surface area contributed by atoms with Gasteiger partial charge in [0.05, 0.1) is 24.3 Å². The third kappa shape index (κ3) is 2.00. The molecule has 0 aromatic carbocycles. The molecular formula is C13H16N4O3. The maximum absolute atomic E-state index is 12.5. The Morgan fingerprint density at radius 3 is 2.80 bits per heavy atom. The van der Waals surface area contributed by atoms with Crippen LogP contribution in [0.2, 0.25) is 0 Å². The summed E-state index contributed by atoms with van der Waals surface area (Å²) in [6.45, 7) is 3.44. The van der Waals surface area contributed by atoms with Gasteiger partial charge in [0, 0.05) is 25.1 Å². The van der Waals surface area contributed by atoms with Crippen LogP contribution in [0.15, 0.2) is 17.5 Å². The Morgan fingerprint density at radius 2 is 2.20 bits per heavy atom. The summed E-state index contributed by atoms with van der Waals surface area (Å²) >= 11 is 0. The molecule has 20 heavy (non-hydrogen) atoms. The molecule has 0 saturated carbocycles. The smallest absolute Gasteiger partial charge is 0.326 e. The predicted octanol–water partition coefficient (Wildman–Crippen LogP) is -0.333. The molecule has 7 heteroatoms. The van der Waals surface area contributed by atoms with E-state index < -0.39 is 12.0 Å². The monoisotopic (exact) mass is 276 g/mol. The number of fused-ring (bicyclic) bond motifs is 1. The lowest BCUT2D eigenvalue weighted by molar-refractivity contribution is -0.150. The van der Waals surface area contributed by atoms with Crippen molar-refractivity contribution >= 4 is 11.9 Å². The second-order valence-electron chi connectivity index (χ2n) is 5.15. The number of carboxylic acid groups (broad SMARTS) is 1. The first-order chi connectivity index (χ1) is 9.58. The van der Waals surface area contributed by atoms with Crippen LogP contribution < -0.4 is 5.32 Å². The van der Waals surface area contributed by atoms with Crippen molar-refractivity contribution in [2.45, 2.75) is 25.9 Å². The van der Waals surface area contributed by atoms with E-state index in [-0.39, 0.29) is 18.9 Å². The Bertz CT molecular complexity index is 599. The molecule has 3 heterocycles. The van der Waals surface area contributed by atoms with E-state index in [1.807, 2.05) is 0 Å². The number of imidazole rings is 1. The van der Waals surface area contributed by atoms with Crippen molar-refractivity contribution in [3.8, 4) is 0 Å². The second kappa shape index (κ2) is 4.75. The van der Waals surface area contributed by atoms with Crippen LogP contribution in [0, 0.1) is 0 Å². The zero-order valence-electron chi connectivity index (χ0n) is 11.1. The number of aliphatic carboxylic acids is 1. The van der Waals surface area contributed by atoms with Crippen molar-refractivity contribution < 1.29 is 14.7 Å². The van der Waals surface area contributed by atoms with Crippen LogP contribution in [-0.2, 0) is 22.6 Å². The summed E-state index contributed by atoms with van der Waals surface area (Å²) in [5.74, 6) is -1.19. The minimum Gasteiger partial charge on any atom is -0.480 e. The molecule has 0 bridgehead atoms. The fourth-order valence-corrected chi connectivity index (χ4v) is 2.55. The number of hydrogen-bond donors (Lipinski definition) is 3. The summed E-state index contributed by atoms with van der Waals surface area (Å²) in [5.41, 5.74) is 3.25. The largest absolute Gasteiger partial charge is 0.480 e. The number of carbonyl (C=O) groups is 2. The molecule has 1 amide bonds. The number of rotatable bonds is 2. The molecule has 0 aliphatic carbocycles. The zero-order valence-corrected chi connectivity index (χ0v) is 11.1. The standard InChI is InChI=1S/C13H16N4O3/c1-7(8-3-14-4-8)12(18)17-5-10-9(15-6-16-10)2-11(17)13(19)20/h6,11,14H,2-5H2,1H3,(H,15,16)(H,19,20). The Morgan fingerprint density at radius 1 is 1.45 bits per heavy atom. The molecule has 1 saturated heterocycles. The molecule has 1 unspecified atom stereocenters. The maximum atomic E-state index is 12.5. The maximum Gasteiger partial charge on any atom is 0.326 e. The van der Waals surface area contributed by atoms with Crippen LogP contribution >= 0.6 is 0 Å².